The van der Waals surface area contributed by atoms with Crippen molar-refractivity contribution in [1.82, 2.24) is 4.98 Å². The van der Waals surface area contributed by atoms with Crippen LogP contribution in [0.2, 0.25) is 5.15 Å². The molecule has 1 rings (SSSR count). The smallest absolute Gasteiger partial charge is 0.265 e. The predicted octanol–water partition coefficient (Wildman–Crippen LogP) is 3.12. The SMILES string of the molecule is Oc1c(Cl)ncc(C(F)F)c1CCl. The van der Waals surface area contributed by atoms with Gasteiger partial charge in [0.05, 0.1) is 5.88 Å². The van der Waals surface area contributed by atoms with E-state index >= 15 is 0 Å². The van der Waals surface area contributed by atoms with Crippen LogP contribution in [0.5, 0.6) is 5.75 Å². The molecule has 1 heterocycles. The fraction of sp³-hybridized carbons (Fsp3) is 0.286. The number of aromatic hydroxyl groups is 1. The standard InChI is InChI=1S/C7H5Cl2F2NO/c8-1-3-4(7(10)11)2-12-6(9)5(3)13/h2,7,13H,1H2. The molecule has 0 aliphatic rings. The number of rotatable bonds is 2. The molecular formula is C7H5Cl2F2NO. The van der Waals surface area contributed by atoms with Crippen molar-refractivity contribution in [3.63, 3.8) is 0 Å². The van der Waals surface area contributed by atoms with Gasteiger partial charge >= 0.3 is 0 Å². The zero-order valence-corrected chi connectivity index (χ0v) is 7.78. The summed E-state index contributed by atoms with van der Waals surface area (Å²) in [6.45, 7) is 0. The summed E-state index contributed by atoms with van der Waals surface area (Å²) in [5, 5.41) is 8.99. The summed E-state index contributed by atoms with van der Waals surface area (Å²) in [6, 6.07) is 0. The van der Waals surface area contributed by atoms with Gasteiger partial charge in [0.2, 0.25) is 0 Å². The number of alkyl halides is 3. The summed E-state index contributed by atoms with van der Waals surface area (Å²) in [5.41, 5.74) is -0.464. The lowest BCUT2D eigenvalue weighted by atomic mass is 10.1. The molecule has 0 spiro atoms. The summed E-state index contributed by atoms with van der Waals surface area (Å²) in [4.78, 5) is 3.39. The Labute approximate surface area is 83.1 Å². The Balaban J connectivity index is 3.30. The van der Waals surface area contributed by atoms with Gasteiger partial charge in [0.15, 0.2) is 10.9 Å². The van der Waals surface area contributed by atoms with Crippen LogP contribution >= 0.6 is 23.2 Å². The van der Waals surface area contributed by atoms with Crippen LogP contribution in [-0.2, 0) is 5.88 Å². The van der Waals surface area contributed by atoms with Gasteiger partial charge in [-0.15, -0.1) is 11.6 Å². The number of aromatic nitrogens is 1. The largest absolute Gasteiger partial charge is 0.504 e. The second-order valence-corrected chi connectivity index (χ2v) is 2.89. The number of hydrogen-bond donors (Lipinski definition) is 1. The summed E-state index contributed by atoms with van der Waals surface area (Å²) in [5.74, 6) is -0.706. The molecule has 0 aliphatic heterocycles. The molecule has 0 atom stereocenters. The van der Waals surface area contributed by atoms with E-state index in [1.807, 2.05) is 0 Å². The first-order chi connectivity index (χ1) is 6.07. The molecule has 0 aliphatic carbocycles. The van der Waals surface area contributed by atoms with Crippen LogP contribution in [0.15, 0.2) is 6.20 Å². The van der Waals surface area contributed by atoms with Crippen molar-refractivity contribution < 1.29 is 13.9 Å². The Morgan fingerprint density at radius 1 is 1.54 bits per heavy atom. The predicted molar refractivity (Wildman–Crippen MR) is 45.4 cm³/mol. The van der Waals surface area contributed by atoms with Crippen molar-refractivity contribution in [3.8, 4) is 5.75 Å². The molecule has 2 nitrogen and oxygen atoms in total. The van der Waals surface area contributed by atoms with Crippen molar-refractivity contribution in [3.05, 3.63) is 22.5 Å². The number of nitrogens with zero attached hydrogens (tertiary/aromatic N) is 1. The molecule has 72 valence electrons. The molecule has 1 aromatic rings. The van der Waals surface area contributed by atoms with Crippen LogP contribution < -0.4 is 0 Å². The fourth-order valence-electron chi connectivity index (χ4n) is 0.855. The molecule has 13 heavy (non-hydrogen) atoms. The van der Waals surface area contributed by atoms with Gasteiger partial charge in [-0.3, -0.25) is 0 Å². The first-order valence-corrected chi connectivity index (χ1v) is 4.19. The normalized spacial score (nSPS) is 10.8. The molecule has 0 unspecified atom stereocenters. The third-order valence-electron chi connectivity index (χ3n) is 1.52. The van der Waals surface area contributed by atoms with Crippen LogP contribution in [-0.4, -0.2) is 10.1 Å². The minimum atomic E-state index is -2.72. The number of halogens is 4. The first kappa shape index (κ1) is 10.5. The second kappa shape index (κ2) is 4.07. The molecule has 0 radical (unpaired) electrons. The maximum absolute atomic E-state index is 12.3. The van der Waals surface area contributed by atoms with Gasteiger partial charge in [0.1, 0.15) is 0 Å². The fourth-order valence-corrected chi connectivity index (χ4v) is 1.30. The number of hydrogen-bond acceptors (Lipinski definition) is 2. The summed E-state index contributed by atoms with van der Waals surface area (Å²) in [6.07, 6.45) is -1.81. The van der Waals surface area contributed by atoms with Crippen LogP contribution in [0.3, 0.4) is 0 Å². The molecular weight excluding hydrogens is 223 g/mol. The van der Waals surface area contributed by atoms with Gasteiger partial charge in [-0.2, -0.15) is 0 Å². The van der Waals surface area contributed by atoms with E-state index in [4.69, 9.17) is 23.2 Å². The summed E-state index contributed by atoms with van der Waals surface area (Å²) >= 11 is 10.8. The highest BCUT2D eigenvalue weighted by Gasteiger charge is 2.18. The molecule has 1 aromatic heterocycles. The zero-order chi connectivity index (χ0) is 10.0. The molecule has 1 N–H and O–H groups in total. The van der Waals surface area contributed by atoms with Crippen molar-refractivity contribution in [2.45, 2.75) is 12.3 Å². The highest BCUT2D eigenvalue weighted by Crippen LogP contribution is 2.33. The Kier molecular flexibility index (Phi) is 3.27. The van der Waals surface area contributed by atoms with E-state index in [2.05, 4.69) is 4.98 Å². The maximum Gasteiger partial charge on any atom is 0.265 e. The molecule has 0 amide bonds. The van der Waals surface area contributed by atoms with Gasteiger partial charge in [0.25, 0.3) is 6.43 Å². The molecule has 0 aromatic carbocycles. The van der Waals surface area contributed by atoms with Crippen molar-refractivity contribution in [2.75, 3.05) is 0 Å². The topological polar surface area (TPSA) is 33.1 Å². The van der Waals surface area contributed by atoms with Crippen molar-refractivity contribution in [1.29, 1.82) is 0 Å². The summed E-state index contributed by atoms with van der Waals surface area (Å²) in [7, 11) is 0. The highest BCUT2D eigenvalue weighted by molar-refractivity contribution is 6.31. The van der Waals surface area contributed by atoms with Gasteiger partial charge in [0, 0.05) is 17.3 Å². The van der Waals surface area contributed by atoms with E-state index in [9.17, 15) is 13.9 Å². The Morgan fingerprint density at radius 3 is 2.62 bits per heavy atom. The van der Waals surface area contributed by atoms with E-state index in [0.29, 0.717) is 0 Å². The van der Waals surface area contributed by atoms with Gasteiger partial charge < -0.3 is 5.11 Å². The molecule has 6 heteroatoms. The van der Waals surface area contributed by atoms with Gasteiger partial charge in [-0.25, -0.2) is 13.8 Å². The Bertz CT molecular complexity index is 320. The van der Waals surface area contributed by atoms with Crippen LogP contribution in [0.4, 0.5) is 8.78 Å². The average Bonchev–Trinajstić information content (AvgIpc) is 2.09. The molecule has 0 bridgehead atoms. The zero-order valence-electron chi connectivity index (χ0n) is 6.27. The third-order valence-corrected chi connectivity index (χ3v) is 2.06. The highest BCUT2D eigenvalue weighted by atomic mass is 35.5. The second-order valence-electron chi connectivity index (χ2n) is 2.27. The minimum Gasteiger partial charge on any atom is -0.504 e. The lowest BCUT2D eigenvalue weighted by molar-refractivity contribution is 0.149. The van der Waals surface area contributed by atoms with Crippen LogP contribution in [0, 0.1) is 0 Å². The summed E-state index contributed by atoms with van der Waals surface area (Å²) < 4.78 is 24.5. The van der Waals surface area contributed by atoms with E-state index in [0.717, 1.165) is 6.20 Å². The number of pyridine rings is 1. The van der Waals surface area contributed by atoms with E-state index in [1.54, 1.807) is 0 Å². The lowest BCUT2D eigenvalue weighted by Crippen LogP contribution is -1.95. The van der Waals surface area contributed by atoms with Crippen LogP contribution in [0.1, 0.15) is 17.6 Å². The van der Waals surface area contributed by atoms with E-state index < -0.39 is 17.7 Å². The van der Waals surface area contributed by atoms with E-state index in [1.165, 1.54) is 0 Å². The quantitative estimate of drug-likeness (QED) is 0.623. The lowest BCUT2D eigenvalue weighted by Gasteiger charge is -2.08. The van der Waals surface area contributed by atoms with Gasteiger partial charge in [-0.05, 0) is 0 Å². The van der Waals surface area contributed by atoms with Gasteiger partial charge in [-0.1, -0.05) is 11.6 Å². The molecule has 0 fully saturated rings. The third kappa shape index (κ3) is 2.00. The molecule has 0 saturated heterocycles. The van der Waals surface area contributed by atoms with Crippen molar-refractivity contribution in [2.24, 2.45) is 0 Å². The average molecular weight is 228 g/mol. The van der Waals surface area contributed by atoms with Crippen LogP contribution in [0.25, 0.3) is 0 Å². The first-order valence-electron chi connectivity index (χ1n) is 3.28. The van der Waals surface area contributed by atoms with E-state index in [-0.39, 0.29) is 16.6 Å². The Hall–Kier alpha value is -0.610. The maximum atomic E-state index is 12.3. The molecule has 0 saturated carbocycles. The monoisotopic (exact) mass is 227 g/mol. The van der Waals surface area contributed by atoms with Crippen molar-refractivity contribution >= 4 is 23.2 Å². The minimum absolute atomic E-state index is 0.0725. The Morgan fingerprint density at radius 2 is 2.15 bits per heavy atom.